The van der Waals surface area contributed by atoms with Gasteiger partial charge in [-0.2, -0.15) is 5.10 Å². The monoisotopic (exact) mass is 444 g/mol. The van der Waals surface area contributed by atoms with Crippen LogP contribution in [-0.4, -0.2) is 53.8 Å². The Kier molecular flexibility index (Phi) is 6.16. The van der Waals surface area contributed by atoms with Crippen LogP contribution >= 0.6 is 23.2 Å². The van der Waals surface area contributed by atoms with Crippen molar-refractivity contribution in [2.24, 2.45) is 0 Å². The molecule has 0 unspecified atom stereocenters. The van der Waals surface area contributed by atoms with Gasteiger partial charge in [-0.15, -0.1) is 0 Å². The zero-order valence-electron chi connectivity index (χ0n) is 16.6. The molecule has 1 saturated heterocycles. The maximum atomic E-state index is 13.2. The number of nitrogens with one attached hydrogen (secondary N) is 1. The zero-order valence-corrected chi connectivity index (χ0v) is 18.1. The molecule has 6 nitrogen and oxygen atoms in total. The molecule has 0 bridgehead atoms. The number of benzene rings is 2. The number of halogens is 2. The van der Waals surface area contributed by atoms with Crippen LogP contribution in [0.2, 0.25) is 10.0 Å². The highest BCUT2D eigenvalue weighted by atomic mass is 35.5. The number of carbonyl (C=O) groups excluding carboxylic acids is 1. The summed E-state index contributed by atoms with van der Waals surface area (Å²) in [6, 6.07) is 13.2. The number of rotatable bonds is 5. The molecule has 0 saturated carbocycles. The first kappa shape index (κ1) is 20.6. The van der Waals surface area contributed by atoms with Crippen molar-refractivity contribution >= 4 is 34.8 Å². The van der Waals surface area contributed by atoms with E-state index in [0.717, 1.165) is 29.4 Å². The summed E-state index contributed by atoms with van der Waals surface area (Å²) in [5.41, 5.74) is 3.10. The molecule has 0 aliphatic carbocycles. The first-order valence-electron chi connectivity index (χ1n) is 9.82. The molecular weight excluding hydrogens is 423 g/mol. The van der Waals surface area contributed by atoms with Crippen LogP contribution in [0.5, 0.6) is 5.75 Å². The predicted octanol–water partition coefficient (Wildman–Crippen LogP) is 4.74. The zero-order chi connectivity index (χ0) is 21.1. The largest absolute Gasteiger partial charge is 0.492 e. The van der Waals surface area contributed by atoms with Gasteiger partial charge in [-0.05, 0) is 49.4 Å². The van der Waals surface area contributed by atoms with E-state index >= 15 is 0 Å². The molecule has 2 heterocycles. The molecule has 1 aromatic heterocycles. The minimum absolute atomic E-state index is 0.0421. The molecular formula is C22H22Cl2N4O2. The molecule has 3 aromatic rings. The first-order valence-corrected chi connectivity index (χ1v) is 10.6. The van der Waals surface area contributed by atoms with Gasteiger partial charge in [-0.3, -0.25) is 9.89 Å². The van der Waals surface area contributed by atoms with Gasteiger partial charge in [0.25, 0.3) is 5.91 Å². The van der Waals surface area contributed by atoms with Crippen LogP contribution in [0.4, 0.5) is 5.69 Å². The lowest BCUT2D eigenvalue weighted by Gasteiger charge is -2.36. The number of carbonyl (C=O) groups is 1. The summed E-state index contributed by atoms with van der Waals surface area (Å²) >= 11 is 12.3. The maximum absolute atomic E-state index is 13.2. The lowest BCUT2D eigenvalue weighted by atomic mass is 10.1. The van der Waals surface area contributed by atoms with Crippen molar-refractivity contribution in [3.05, 3.63) is 64.3 Å². The van der Waals surface area contributed by atoms with Crippen LogP contribution in [0, 0.1) is 0 Å². The molecule has 1 N–H and O–H groups in total. The molecule has 2 aromatic carbocycles. The third kappa shape index (κ3) is 4.25. The molecule has 1 aliphatic heterocycles. The maximum Gasteiger partial charge on any atom is 0.257 e. The summed E-state index contributed by atoms with van der Waals surface area (Å²) in [5.74, 6) is 0.577. The van der Waals surface area contributed by atoms with E-state index in [0.29, 0.717) is 41.7 Å². The minimum Gasteiger partial charge on any atom is -0.492 e. The predicted molar refractivity (Wildman–Crippen MR) is 120 cm³/mol. The molecule has 4 rings (SSSR count). The summed E-state index contributed by atoms with van der Waals surface area (Å²) in [6.07, 6.45) is 1.58. The van der Waals surface area contributed by atoms with Crippen molar-refractivity contribution in [2.45, 2.75) is 6.92 Å². The fourth-order valence-corrected chi connectivity index (χ4v) is 3.95. The van der Waals surface area contributed by atoms with Crippen LogP contribution in [0.3, 0.4) is 0 Å². The number of hydrogen-bond donors (Lipinski definition) is 1. The lowest BCUT2D eigenvalue weighted by Crippen LogP contribution is -2.48. The standard InChI is InChI=1S/C22H22Cl2N4O2/c1-2-30-20-8-3-15(13-19(20)24)21-18(14-25-26-21)22(29)28-11-9-27(10-12-28)17-6-4-16(23)5-7-17/h3-8,13-14H,2,9-12H2,1H3,(H,25,26). The van der Waals surface area contributed by atoms with E-state index in [2.05, 4.69) is 15.1 Å². The normalized spacial score (nSPS) is 14.1. The van der Waals surface area contributed by atoms with Gasteiger partial charge in [0.05, 0.1) is 29.1 Å². The van der Waals surface area contributed by atoms with Gasteiger partial charge in [-0.25, -0.2) is 0 Å². The van der Waals surface area contributed by atoms with Crippen molar-refractivity contribution in [3.8, 4) is 17.0 Å². The van der Waals surface area contributed by atoms with Crippen molar-refractivity contribution in [3.63, 3.8) is 0 Å². The summed E-state index contributed by atoms with van der Waals surface area (Å²) in [4.78, 5) is 17.3. The van der Waals surface area contributed by atoms with E-state index in [4.69, 9.17) is 27.9 Å². The number of hydrogen-bond acceptors (Lipinski definition) is 4. The van der Waals surface area contributed by atoms with Gasteiger partial charge in [0.2, 0.25) is 0 Å². The summed E-state index contributed by atoms with van der Waals surface area (Å²) in [7, 11) is 0. The summed E-state index contributed by atoms with van der Waals surface area (Å²) < 4.78 is 5.49. The first-order chi connectivity index (χ1) is 14.6. The second-order valence-electron chi connectivity index (χ2n) is 6.99. The van der Waals surface area contributed by atoms with E-state index in [1.165, 1.54) is 0 Å². The third-order valence-corrected chi connectivity index (χ3v) is 5.70. The second-order valence-corrected chi connectivity index (χ2v) is 7.84. The Morgan fingerprint density at radius 2 is 1.83 bits per heavy atom. The average Bonchev–Trinajstić information content (AvgIpc) is 3.25. The van der Waals surface area contributed by atoms with Crippen LogP contribution in [0.1, 0.15) is 17.3 Å². The fourth-order valence-electron chi connectivity index (χ4n) is 3.59. The Bertz CT molecular complexity index is 1030. The SMILES string of the molecule is CCOc1ccc(-c2[nH]ncc2C(=O)N2CCN(c3ccc(Cl)cc3)CC2)cc1Cl. The van der Waals surface area contributed by atoms with Crippen molar-refractivity contribution in [1.29, 1.82) is 0 Å². The highest BCUT2D eigenvalue weighted by molar-refractivity contribution is 6.32. The Morgan fingerprint density at radius 1 is 1.10 bits per heavy atom. The third-order valence-electron chi connectivity index (χ3n) is 5.15. The molecule has 1 fully saturated rings. The summed E-state index contributed by atoms with van der Waals surface area (Å²) in [6.45, 7) is 5.23. The van der Waals surface area contributed by atoms with E-state index in [9.17, 15) is 4.79 Å². The molecule has 30 heavy (non-hydrogen) atoms. The van der Waals surface area contributed by atoms with Crippen LogP contribution < -0.4 is 9.64 Å². The number of aromatic amines is 1. The number of aromatic nitrogens is 2. The molecule has 156 valence electrons. The fraction of sp³-hybridized carbons (Fsp3) is 0.273. The van der Waals surface area contributed by atoms with Gasteiger partial charge in [0.15, 0.2) is 0 Å². The number of H-pyrrole nitrogens is 1. The summed E-state index contributed by atoms with van der Waals surface area (Å²) in [5, 5.41) is 8.26. The number of nitrogens with zero attached hydrogens (tertiary/aromatic N) is 3. The van der Waals surface area contributed by atoms with Crippen LogP contribution in [0.15, 0.2) is 48.7 Å². The number of piperazine rings is 1. The number of ether oxygens (including phenoxy) is 1. The van der Waals surface area contributed by atoms with Gasteiger partial charge in [0, 0.05) is 42.5 Å². The van der Waals surface area contributed by atoms with E-state index in [1.807, 2.05) is 42.2 Å². The Labute approximate surface area is 185 Å². The molecule has 0 atom stereocenters. The topological polar surface area (TPSA) is 61.5 Å². The highest BCUT2D eigenvalue weighted by Crippen LogP contribution is 2.31. The number of anilines is 1. The highest BCUT2D eigenvalue weighted by Gasteiger charge is 2.25. The quantitative estimate of drug-likeness (QED) is 0.616. The van der Waals surface area contributed by atoms with Crippen molar-refractivity contribution < 1.29 is 9.53 Å². The van der Waals surface area contributed by atoms with Crippen molar-refractivity contribution in [2.75, 3.05) is 37.7 Å². The van der Waals surface area contributed by atoms with Crippen molar-refractivity contribution in [1.82, 2.24) is 15.1 Å². The molecule has 0 radical (unpaired) electrons. The molecule has 1 amide bonds. The Morgan fingerprint density at radius 3 is 2.50 bits per heavy atom. The lowest BCUT2D eigenvalue weighted by molar-refractivity contribution is 0.0747. The number of amides is 1. The van der Waals surface area contributed by atoms with Gasteiger partial charge >= 0.3 is 0 Å². The average molecular weight is 445 g/mol. The Balaban J connectivity index is 1.47. The van der Waals surface area contributed by atoms with Gasteiger partial charge in [-0.1, -0.05) is 23.2 Å². The van der Waals surface area contributed by atoms with Crippen LogP contribution in [-0.2, 0) is 0 Å². The van der Waals surface area contributed by atoms with Crippen LogP contribution in [0.25, 0.3) is 11.3 Å². The second kappa shape index (κ2) is 8.98. The van der Waals surface area contributed by atoms with E-state index < -0.39 is 0 Å². The smallest absolute Gasteiger partial charge is 0.257 e. The molecule has 8 heteroatoms. The van der Waals surface area contributed by atoms with Gasteiger partial charge < -0.3 is 14.5 Å². The Hall–Kier alpha value is -2.70. The molecule has 0 spiro atoms. The minimum atomic E-state index is -0.0421. The molecule has 1 aliphatic rings. The van der Waals surface area contributed by atoms with Gasteiger partial charge in [0.1, 0.15) is 5.75 Å². The van der Waals surface area contributed by atoms with E-state index in [-0.39, 0.29) is 5.91 Å². The van der Waals surface area contributed by atoms with E-state index in [1.54, 1.807) is 18.3 Å².